The van der Waals surface area contributed by atoms with Gasteiger partial charge in [-0.1, -0.05) is 13.8 Å². The van der Waals surface area contributed by atoms with Gasteiger partial charge < -0.3 is 19.6 Å². The average Bonchev–Trinajstić information content (AvgIpc) is 2.84. The Morgan fingerprint density at radius 1 is 0.963 bits per heavy atom. The Morgan fingerprint density at radius 2 is 1.48 bits per heavy atom. The fraction of sp³-hybridized carbons (Fsp3) is 0.850. The highest BCUT2D eigenvalue weighted by Gasteiger charge is 2.59. The molecule has 3 saturated heterocycles. The molecule has 27 heavy (non-hydrogen) atoms. The summed E-state index contributed by atoms with van der Waals surface area (Å²) in [6.07, 6.45) is 4.06. The number of hydrogen-bond acceptors (Lipinski definition) is 3. The largest absolute Gasteiger partial charge is 0.342 e. The van der Waals surface area contributed by atoms with Crippen LogP contribution in [0.25, 0.3) is 0 Å². The molecule has 0 saturated carbocycles. The summed E-state index contributed by atoms with van der Waals surface area (Å²) in [5, 5.41) is 0. The van der Waals surface area contributed by atoms with Gasteiger partial charge in [0, 0.05) is 58.8 Å². The molecule has 3 fully saturated rings. The zero-order valence-corrected chi connectivity index (χ0v) is 17.5. The van der Waals surface area contributed by atoms with Crippen molar-refractivity contribution in [1.29, 1.82) is 0 Å². The number of amides is 4. The average molecular weight is 379 g/mol. The maximum absolute atomic E-state index is 13.2. The highest BCUT2D eigenvalue weighted by molar-refractivity contribution is 5.87. The number of urea groups is 1. The molecule has 3 heterocycles. The third-order valence-electron chi connectivity index (χ3n) is 7.01. The van der Waals surface area contributed by atoms with E-state index in [0.717, 1.165) is 45.2 Å². The summed E-state index contributed by atoms with van der Waals surface area (Å²) in [7, 11) is 5.47. The number of nitrogens with zero attached hydrogens (tertiary/aromatic N) is 4. The first-order valence-electron chi connectivity index (χ1n) is 10.2. The van der Waals surface area contributed by atoms with Crippen molar-refractivity contribution in [2.45, 2.75) is 51.5 Å². The van der Waals surface area contributed by atoms with E-state index in [4.69, 9.17) is 0 Å². The van der Waals surface area contributed by atoms with Crippen molar-refractivity contribution in [2.24, 2.45) is 11.3 Å². The molecule has 0 N–H and O–H groups in total. The fourth-order valence-corrected chi connectivity index (χ4v) is 5.22. The van der Waals surface area contributed by atoms with Gasteiger partial charge >= 0.3 is 6.03 Å². The van der Waals surface area contributed by atoms with E-state index in [-0.39, 0.29) is 34.7 Å². The molecular formula is C20H34N4O3. The molecule has 0 aromatic rings. The van der Waals surface area contributed by atoms with Gasteiger partial charge in [-0.3, -0.25) is 9.59 Å². The lowest BCUT2D eigenvalue weighted by atomic mass is 9.71. The van der Waals surface area contributed by atoms with E-state index >= 15 is 0 Å². The highest BCUT2D eigenvalue weighted by Crippen LogP contribution is 2.52. The van der Waals surface area contributed by atoms with Crippen LogP contribution in [0.1, 0.15) is 46.0 Å². The Morgan fingerprint density at radius 3 is 1.96 bits per heavy atom. The van der Waals surface area contributed by atoms with Crippen LogP contribution in [-0.2, 0) is 9.59 Å². The second-order valence-corrected chi connectivity index (χ2v) is 9.19. The maximum atomic E-state index is 13.2. The molecule has 0 unspecified atom stereocenters. The van der Waals surface area contributed by atoms with E-state index in [0.29, 0.717) is 13.1 Å². The lowest BCUT2D eigenvalue weighted by Crippen LogP contribution is -2.53. The molecule has 3 rings (SSSR count). The predicted octanol–water partition coefficient (Wildman–Crippen LogP) is 1.63. The third kappa shape index (κ3) is 3.29. The van der Waals surface area contributed by atoms with Gasteiger partial charge in [0.15, 0.2) is 0 Å². The number of piperidine rings is 2. The first kappa shape index (κ1) is 20.0. The number of hydrogen-bond donors (Lipinski definition) is 0. The minimum Gasteiger partial charge on any atom is -0.342 e. The van der Waals surface area contributed by atoms with Crippen LogP contribution in [0.2, 0.25) is 0 Å². The molecule has 3 aliphatic heterocycles. The van der Waals surface area contributed by atoms with E-state index in [1.165, 1.54) is 0 Å². The second kappa shape index (κ2) is 6.99. The van der Waals surface area contributed by atoms with Crippen LogP contribution in [0.5, 0.6) is 0 Å². The summed E-state index contributed by atoms with van der Waals surface area (Å²) in [5.41, 5.74) is -0.458. The zero-order valence-electron chi connectivity index (χ0n) is 17.5. The van der Waals surface area contributed by atoms with Gasteiger partial charge in [0.25, 0.3) is 0 Å². The molecule has 0 atom stereocenters. The molecule has 0 aromatic carbocycles. The summed E-state index contributed by atoms with van der Waals surface area (Å²) in [6, 6.07) is 0.0267. The molecule has 3 aliphatic rings. The lowest BCUT2D eigenvalue weighted by molar-refractivity contribution is -0.140. The number of rotatable bonds is 1. The van der Waals surface area contributed by atoms with E-state index in [1.807, 2.05) is 35.6 Å². The smallest absolute Gasteiger partial charge is 0.319 e. The molecule has 4 amide bonds. The van der Waals surface area contributed by atoms with Crippen LogP contribution in [0.15, 0.2) is 0 Å². The zero-order chi connectivity index (χ0) is 20.0. The maximum Gasteiger partial charge on any atom is 0.319 e. The van der Waals surface area contributed by atoms with E-state index in [2.05, 4.69) is 0 Å². The summed E-state index contributed by atoms with van der Waals surface area (Å²) < 4.78 is 0. The van der Waals surface area contributed by atoms with Gasteiger partial charge in [-0.2, -0.15) is 0 Å². The standard InChI is InChI=1S/C20H34N4O3/c1-15(2)16(25)23-12-8-20(9-13-23)14-19(17(26)22(20)5)6-10-24(11-7-19)18(27)21(3)4/h15H,6-14H2,1-5H3. The van der Waals surface area contributed by atoms with Crippen molar-refractivity contribution in [3.8, 4) is 0 Å². The Balaban J connectivity index is 1.68. The molecule has 0 aromatic heterocycles. The second-order valence-electron chi connectivity index (χ2n) is 9.19. The molecular weight excluding hydrogens is 344 g/mol. The van der Waals surface area contributed by atoms with Gasteiger partial charge in [0.2, 0.25) is 11.8 Å². The third-order valence-corrected chi connectivity index (χ3v) is 7.01. The predicted molar refractivity (Wildman–Crippen MR) is 103 cm³/mol. The van der Waals surface area contributed by atoms with Crippen LogP contribution in [-0.4, -0.2) is 90.3 Å². The minimum atomic E-state index is -0.331. The summed E-state index contributed by atoms with van der Waals surface area (Å²) >= 11 is 0. The van der Waals surface area contributed by atoms with Crippen LogP contribution < -0.4 is 0 Å². The van der Waals surface area contributed by atoms with Crippen molar-refractivity contribution >= 4 is 17.8 Å². The van der Waals surface area contributed by atoms with Crippen LogP contribution >= 0.6 is 0 Å². The Kier molecular flexibility index (Phi) is 5.16. The van der Waals surface area contributed by atoms with E-state index in [9.17, 15) is 14.4 Å². The van der Waals surface area contributed by atoms with Crippen LogP contribution in [0, 0.1) is 11.3 Å². The van der Waals surface area contributed by atoms with Crippen LogP contribution in [0.3, 0.4) is 0 Å². The van der Waals surface area contributed by atoms with Gasteiger partial charge in [-0.05, 0) is 32.1 Å². The monoisotopic (exact) mass is 378 g/mol. The van der Waals surface area contributed by atoms with E-state index in [1.54, 1.807) is 19.0 Å². The summed E-state index contributed by atoms with van der Waals surface area (Å²) in [6.45, 7) is 6.63. The minimum absolute atomic E-state index is 0.0203. The normalized spacial score (nSPS) is 24.2. The molecule has 7 heteroatoms. The first-order chi connectivity index (χ1) is 12.6. The summed E-state index contributed by atoms with van der Waals surface area (Å²) in [4.78, 5) is 45.1. The number of carbonyl (C=O) groups is 3. The van der Waals surface area contributed by atoms with Crippen molar-refractivity contribution in [2.75, 3.05) is 47.3 Å². The lowest BCUT2D eigenvalue weighted by Gasteiger charge is -2.44. The first-order valence-corrected chi connectivity index (χ1v) is 10.2. The Labute approximate surface area is 162 Å². The molecule has 152 valence electrons. The van der Waals surface area contributed by atoms with Crippen molar-refractivity contribution in [1.82, 2.24) is 19.6 Å². The highest BCUT2D eigenvalue weighted by atomic mass is 16.2. The van der Waals surface area contributed by atoms with Gasteiger partial charge in [-0.15, -0.1) is 0 Å². The van der Waals surface area contributed by atoms with Gasteiger partial charge in [-0.25, -0.2) is 4.79 Å². The van der Waals surface area contributed by atoms with E-state index < -0.39 is 0 Å². The van der Waals surface area contributed by atoms with Gasteiger partial charge in [0.1, 0.15) is 0 Å². The number of carbonyl (C=O) groups excluding carboxylic acids is 3. The SMILES string of the molecule is CC(C)C(=O)N1CCC2(CC1)CC1(CCN(C(=O)N(C)C)CC1)C(=O)N2C. The molecule has 2 spiro atoms. The Bertz CT molecular complexity index is 615. The molecule has 7 nitrogen and oxygen atoms in total. The molecule has 0 aliphatic carbocycles. The van der Waals surface area contributed by atoms with Crippen LogP contribution in [0.4, 0.5) is 4.79 Å². The number of likely N-dealkylation sites (tertiary alicyclic amines) is 3. The van der Waals surface area contributed by atoms with Gasteiger partial charge in [0.05, 0.1) is 5.41 Å². The summed E-state index contributed by atoms with van der Waals surface area (Å²) in [5.74, 6) is 0.469. The van der Waals surface area contributed by atoms with Crippen molar-refractivity contribution in [3.05, 3.63) is 0 Å². The Hall–Kier alpha value is -1.79. The quantitative estimate of drug-likeness (QED) is 0.697. The molecule has 0 radical (unpaired) electrons. The fourth-order valence-electron chi connectivity index (χ4n) is 5.22. The molecule has 0 bridgehead atoms. The van der Waals surface area contributed by atoms with Crippen molar-refractivity contribution in [3.63, 3.8) is 0 Å². The van der Waals surface area contributed by atoms with Crippen molar-refractivity contribution < 1.29 is 14.4 Å². The topological polar surface area (TPSA) is 64.2 Å².